The summed E-state index contributed by atoms with van der Waals surface area (Å²) in [6.07, 6.45) is 1.02. The quantitative estimate of drug-likeness (QED) is 0.284. The van der Waals surface area contributed by atoms with Gasteiger partial charge in [0.15, 0.2) is 0 Å². The van der Waals surface area contributed by atoms with Gasteiger partial charge in [-0.1, -0.05) is 35.9 Å². The maximum absolute atomic E-state index is 12.7. The van der Waals surface area contributed by atoms with Crippen molar-refractivity contribution in [2.45, 2.75) is 4.90 Å². The zero-order valence-corrected chi connectivity index (χ0v) is 16.1. The van der Waals surface area contributed by atoms with Crippen LogP contribution in [0.3, 0.4) is 0 Å². The molecule has 2 rings (SSSR count). The van der Waals surface area contributed by atoms with Crippen LogP contribution in [-0.4, -0.2) is 16.2 Å². The molecule has 0 amide bonds. The molecule has 0 bridgehead atoms. The van der Waals surface area contributed by atoms with E-state index in [0.717, 1.165) is 19.3 Å². The van der Waals surface area contributed by atoms with Gasteiger partial charge >= 0.3 is 0 Å². The maximum Gasteiger partial charge on any atom is 0.286 e. The van der Waals surface area contributed by atoms with E-state index in [1.54, 1.807) is 6.07 Å². The summed E-state index contributed by atoms with van der Waals surface area (Å²) in [7, 11) is -1.12. The zero-order valence-electron chi connectivity index (χ0n) is 13.8. The standard InChI is InChI=1S/C17H13Cl2NO6S/c1-3-15(17(21)25-2)27(24)16-9-11(5-6-13(16)20(22)23)26-14-7-4-10(18)8-12(14)19/h3-9,21H,1H2,2H3/p-1/b17-15+. The van der Waals surface area contributed by atoms with E-state index in [9.17, 15) is 19.4 Å². The third-order valence-electron chi connectivity index (χ3n) is 3.22. The minimum Gasteiger partial charge on any atom is -0.616 e. The molecule has 0 aliphatic rings. The fourth-order valence-electron chi connectivity index (χ4n) is 2.00. The third-order valence-corrected chi connectivity index (χ3v) is 5.21. The SMILES string of the molecule is C=C/C(=C(/[O-])OC)S(=O)c1cc(Oc2ccc(Cl)cc2Cl)ccc1[N+](=O)[O-]. The highest BCUT2D eigenvalue weighted by atomic mass is 35.5. The van der Waals surface area contributed by atoms with Crippen molar-refractivity contribution in [2.75, 3.05) is 7.11 Å². The lowest BCUT2D eigenvalue weighted by atomic mass is 10.3. The van der Waals surface area contributed by atoms with Gasteiger partial charge in [0.2, 0.25) is 0 Å². The summed E-state index contributed by atoms with van der Waals surface area (Å²) in [4.78, 5) is 9.98. The number of halogens is 2. The molecule has 0 aromatic heterocycles. The molecule has 0 N–H and O–H groups in total. The van der Waals surface area contributed by atoms with Crippen LogP contribution in [0.4, 0.5) is 5.69 Å². The monoisotopic (exact) mass is 428 g/mol. The van der Waals surface area contributed by atoms with Gasteiger partial charge in [0.05, 0.1) is 31.6 Å². The predicted octanol–water partition coefficient (Wildman–Crippen LogP) is 4.16. The smallest absolute Gasteiger partial charge is 0.286 e. The van der Waals surface area contributed by atoms with E-state index in [1.165, 1.54) is 24.3 Å². The van der Waals surface area contributed by atoms with Gasteiger partial charge in [0, 0.05) is 17.2 Å². The Kier molecular flexibility index (Phi) is 6.84. The number of benzene rings is 2. The summed E-state index contributed by atoms with van der Waals surface area (Å²) in [6, 6.07) is 8.14. The van der Waals surface area contributed by atoms with Crippen LogP contribution in [-0.2, 0) is 15.5 Å². The molecule has 2 aromatic rings. The van der Waals surface area contributed by atoms with Gasteiger partial charge in [-0.2, -0.15) is 0 Å². The van der Waals surface area contributed by atoms with Crippen molar-refractivity contribution in [1.29, 1.82) is 0 Å². The van der Waals surface area contributed by atoms with Gasteiger partial charge in [0.1, 0.15) is 16.4 Å². The Hall–Kier alpha value is -2.55. The Morgan fingerprint density at radius 3 is 2.52 bits per heavy atom. The number of nitro benzene ring substituents is 1. The number of allylic oxidation sites excluding steroid dienone is 1. The highest BCUT2D eigenvalue weighted by molar-refractivity contribution is 7.89. The number of nitrogens with zero attached hydrogens (tertiary/aromatic N) is 1. The lowest BCUT2D eigenvalue weighted by Crippen LogP contribution is -2.12. The normalized spacial score (nSPS) is 12.7. The van der Waals surface area contributed by atoms with E-state index in [4.69, 9.17) is 27.9 Å². The van der Waals surface area contributed by atoms with E-state index < -0.39 is 27.4 Å². The van der Waals surface area contributed by atoms with Gasteiger partial charge in [0.25, 0.3) is 5.69 Å². The molecule has 0 fully saturated rings. The van der Waals surface area contributed by atoms with E-state index in [0.29, 0.717) is 5.02 Å². The summed E-state index contributed by atoms with van der Waals surface area (Å²) in [6.45, 7) is 3.40. The van der Waals surface area contributed by atoms with E-state index in [-0.39, 0.29) is 26.3 Å². The third kappa shape index (κ3) is 4.79. The second kappa shape index (κ2) is 8.90. The number of rotatable bonds is 7. The van der Waals surface area contributed by atoms with Crippen LogP contribution in [0.15, 0.2) is 64.8 Å². The molecule has 1 unspecified atom stereocenters. The van der Waals surface area contributed by atoms with Crippen molar-refractivity contribution in [2.24, 2.45) is 0 Å². The fraction of sp³-hybridized carbons (Fsp3) is 0.0588. The molecule has 0 aliphatic heterocycles. The Balaban J connectivity index is 2.52. The predicted molar refractivity (Wildman–Crippen MR) is 100 cm³/mol. The average Bonchev–Trinajstić information content (AvgIpc) is 2.64. The van der Waals surface area contributed by atoms with Crippen LogP contribution in [0.25, 0.3) is 0 Å². The Morgan fingerprint density at radius 1 is 1.26 bits per heavy atom. The first-order valence-corrected chi connectivity index (χ1v) is 9.10. The molecule has 0 radical (unpaired) electrons. The molecule has 0 saturated carbocycles. The van der Waals surface area contributed by atoms with Crippen molar-refractivity contribution in [3.63, 3.8) is 0 Å². The molecule has 1 atom stereocenters. The molecule has 2 aromatic carbocycles. The molecule has 0 saturated heterocycles. The molecular weight excluding hydrogens is 417 g/mol. The van der Waals surface area contributed by atoms with E-state index in [1.807, 2.05) is 0 Å². The summed E-state index contributed by atoms with van der Waals surface area (Å²) in [5.74, 6) is -0.543. The van der Waals surface area contributed by atoms with Crippen LogP contribution in [0.5, 0.6) is 11.5 Å². The summed E-state index contributed by atoms with van der Waals surface area (Å²) in [5.41, 5.74) is -0.453. The van der Waals surface area contributed by atoms with E-state index >= 15 is 0 Å². The van der Waals surface area contributed by atoms with Gasteiger partial charge in [-0.3, -0.25) is 10.1 Å². The first-order chi connectivity index (χ1) is 12.8. The number of methoxy groups -OCH3 is 1. The first kappa shape index (κ1) is 20.8. The average molecular weight is 429 g/mol. The fourth-order valence-corrected chi connectivity index (χ4v) is 3.62. The number of ether oxygens (including phenoxy) is 2. The molecule has 10 heteroatoms. The Morgan fingerprint density at radius 2 is 1.96 bits per heavy atom. The second-order valence-corrected chi connectivity index (χ2v) is 7.15. The minimum atomic E-state index is -2.21. The number of hydrogen-bond donors (Lipinski definition) is 0. The van der Waals surface area contributed by atoms with Crippen molar-refractivity contribution >= 4 is 39.7 Å². The van der Waals surface area contributed by atoms with Crippen LogP contribution in [0.1, 0.15) is 0 Å². The Labute approximate surface area is 167 Å². The molecule has 142 valence electrons. The van der Waals surface area contributed by atoms with Crippen molar-refractivity contribution in [3.05, 3.63) is 80.1 Å². The van der Waals surface area contributed by atoms with Crippen molar-refractivity contribution in [3.8, 4) is 11.5 Å². The topological polar surface area (TPSA) is 102 Å². The van der Waals surface area contributed by atoms with Crippen molar-refractivity contribution < 1.29 is 23.7 Å². The molecule has 0 heterocycles. The molecule has 7 nitrogen and oxygen atoms in total. The molecule has 0 spiro atoms. The van der Waals surface area contributed by atoms with Gasteiger partial charge in [-0.25, -0.2) is 4.21 Å². The minimum absolute atomic E-state index is 0.126. The lowest BCUT2D eigenvalue weighted by Gasteiger charge is -2.14. The summed E-state index contributed by atoms with van der Waals surface area (Å²) >= 11 is 11.9. The van der Waals surface area contributed by atoms with Crippen LogP contribution in [0, 0.1) is 10.1 Å². The first-order valence-electron chi connectivity index (χ1n) is 7.19. The zero-order chi connectivity index (χ0) is 20.1. The highest BCUT2D eigenvalue weighted by Gasteiger charge is 2.23. The Bertz CT molecular complexity index is 960. The van der Waals surface area contributed by atoms with Crippen LogP contribution < -0.4 is 9.84 Å². The van der Waals surface area contributed by atoms with Crippen LogP contribution >= 0.6 is 23.2 Å². The highest BCUT2D eigenvalue weighted by Crippen LogP contribution is 2.35. The summed E-state index contributed by atoms with van der Waals surface area (Å²) in [5, 5.41) is 23.6. The number of hydrogen-bond acceptors (Lipinski definition) is 6. The molecule has 0 aliphatic carbocycles. The molecular formula is C17H12Cl2NO6S-. The van der Waals surface area contributed by atoms with E-state index in [2.05, 4.69) is 11.3 Å². The maximum atomic E-state index is 12.7. The number of nitro groups is 1. The summed E-state index contributed by atoms with van der Waals surface area (Å²) < 4.78 is 22.8. The lowest BCUT2D eigenvalue weighted by molar-refractivity contribution is -0.387. The van der Waals surface area contributed by atoms with Crippen molar-refractivity contribution in [1.82, 2.24) is 0 Å². The van der Waals surface area contributed by atoms with Crippen LogP contribution in [0.2, 0.25) is 10.0 Å². The molecule has 27 heavy (non-hydrogen) atoms. The largest absolute Gasteiger partial charge is 0.616 e. The van der Waals surface area contributed by atoms with Gasteiger partial charge in [-0.05, 0) is 31.4 Å². The second-order valence-electron chi connectivity index (χ2n) is 4.89. The van der Waals surface area contributed by atoms with Gasteiger partial charge < -0.3 is 14.6 Å². The van der Waals surface area contributed by atoms with Gasteiger partial charge in [-0.15, -0.1) is 0 Å².